The van der Waals surface area contributed by atoms with Gasteiger partial charge in [-0.25, -0.2) is 4.98 Å². The summed E-state index contributed by atoms with van der Waals surface area (Å²) in [6, 6.07) is 12.3. The predicted octanol–water partition coefficient (Wildman–Crippen LogP) is 3.71. The first-order chi connectivity index (χ1) is 10.2. The van der Waals surface area contributed by atoms with Crippen LogP contribution in [0.25, 0.3) is 0 Å². The Hall–Kier alpha value is -1.29. The summed E-state index contributed by atoms with van der Waals surface area (Å²) in [7, 11) is 0. The lowest BCUT2D eigenvalue weighted by Crippen LogP contribution is -2.46. The van der Waals surface area contributed by atoms with Gasteiger partial charge in [-0.15, -0.1) is 0 Å². The van der Waals surface area contributed by atoms with Crippen LogP contribution >= 0.6 is 23.2 Å². The topological polar surface area (TPSA) is 19.4 Å². The quantitative estimate of drug-likeness (QED) is 0.859. The lowest BCUT2D eigenvalue weighted by atomic mass is 10.2. The summed E-state index contributed by atoms with van der Waals surface area (Å²) in [4.78, 5) is 9.03. The van der Waals surface area contributed by atoms with Gasteiger partial charge in [-0.2, -0.15) is 0 Å². The number of halogens is 2. The average molecular weight is 322 g/mol. The Bertz CT molecular complexity index is 596. The molecule has 5 heteroatoms. The van der Waals surface area contributed by atoms with E-state index in [9.17, 15) is 0 Å². The van der Waals surface area contributed by atoms with Crippen molar-refractivity contribution in [2.75, 3.05) is 31.1 Å². The lowest BCUT2D eigenvalue weighted by molar-refractivity contribution is 0.249. The number of hydrogen-bond acceptors (Lipinski definition) is 3. The Morgan fingerprint density at radius 3 is 2.38 bits per heavy atom. The highest BCUT2D eigenvalue weighted by atomic mass is 35.5. The minimum absolute atomic E-state index is 0.575. The van der Waals surface area contributed by atoms with Crippen LogP contribution in [0.3, 0.4) is 0 Å². The summed E-state index contributed by atoms with van der Waals surface area (Å²) in [5.41, 5.74) is 1.36. The maximum Gasteiger partial charge on any atom is 0.147 e. The van der Waals surface area contributed by atoms with Crippen molar-refractivity contribution in [2.24, 2.45) is 0 Å². The van der Waals surface area contributed by atoms with Gasteiger partial charge >= 0.3 is 0 Å². The van der Waals surface area contributed by atoms with Gasteiger partial charge in [0.25, 0.3) is 0 Å². The largest absolute Gasteiger partial charge is 0.353 e. The highest BCUT2D eigenvalue weighted by molar-refractivity contribution is 6.36. The maximum atomic E-state index is 6.23. The van der Waals surface area contributed by atoms with Crippen molar-refractivity contribution in [3.05, 3.63) is 58.2 Å². The van der Waals surface area contributed by atoms with Crippen LogP contribution in [0.15, 0.2) is 42.6 Å². The van der Waals surface area contributed by atoms with Crippen molar-refractivity contribution >= 4 is 29.0 Å². The van der Waals surface area contributed by atoms with Gasteiger partial charge in [0, 0.05) is 38.9 Å². The molecule has 0 radical (unpaired) electrons. The fraction of sp³-hybridized carbons (Fsp3) is 0.312. The Morgan fingerprint density at radius 1 is 1.00 bits per heavy atom. The van der Waals surface area contributed by atoms with Crippen LogP contribution in [0.1, 0.15) is 5.56 Å². The first-order valence-electron chi connectivity index (χ1n) is 7.04. The molecule has 110 valence electrons. The molecular weight excluding hydrogens is 305 g/mol. The van der Waals surface area contributed by atoms with Crippen LogP contribution in [0, 0.1) is 0 Å². The Morgan fingerprint density at radius 2 is 1.71 bits per heavy atom. The van der Waals surface area contributed by atoms with Crippen LogP contribution < -0.4 is 4.90 Å². The third kappa shape index (κ3) is 3.67. The Balaban J connectivity index is 1.60. The monoisotopic (exact) mass is 321 g/mol. The van der Waals surface area contributed by atoms with E-state index in [0.717, 1.165) is 38.5 Å². The first-order valence-corrected chi connectivity index (χ1v) is 7.80. The number of benzene rings is 1. The SMILES string of the molecule is Clc1cnc(N2CCN(Cc3ccccc3)CC2)c(Cl)c1. The summed E-state index contributed by atoms with van der Waals surface area (Å²) >= 11 is 12.1. The number of rotatable bonds is 3. The predicted molar refractivity (Wildman–Crippen MR) is 88.2 cm³/mol. The number of aromatic nitrogens is 1. The van der Waals surface area contributed by atoms with Crippen LogP contribution in [-0.2, 0) is 6.54 Å². The average Bonchev–Trinajstić information content (AvgIpc) is 2.49. The molecular formula is C16H17Cl2N3. The molecule has 3 rings (SSSR count). The molecule has 2 heterocycles. The highest BCUT2D eigenvalue weighted by Gasteiger charge is 2.20. The van der Waals surface area contributed by atoms with Crippen molar-refractivity contribution in [3.8, 4) is 0 Å². The zero-order chi connectivity index (χ0) is 14.7. The zero-order valence-corrected chi connectivity index (χ0v) is 13.2. The van der Waals surface area contributed by atoms with Crippen LogP contribution in [0.4, 0.5) is 5.82 Å². The van der Waals surface area contributed by atoms with Gasteiger partial charge < -0.3 is 4.90 Å². The lowest BCUT2D eigenvalue weighted by Gasteiger charge is -2.35. The van der Waals surface area contributed by atoms with Gasteiger partial charge in [0.15, 0.2) is 0 Å². The summed E-state index contributed by atoms with van der Waals surface area (Å²) in [6.45, 7) is 4.88. The molecule has 0 saturated carbocycles. The van der Waals surface area contributed by atoms with Gasteiger partial charge in [-0.3, -0.25) is 4.90 Å². The number of hydrogen-bond donors (Lipinski definition) is 0. The molecule has 1 aliphatic rings. The maximum absolute atomic E-state index is 6.23. The molecule has 2 aromatic rings. The van der Waals surface area contributed by atoms with Crippen LogP contribution in [0.2, 0.25) is 10.0 Å². The minimum atomic E-state index is 0.575. The Kier molecular flexibility index (Phi) is 4.63. The molecule has 0 spiro atoms. The van der Waals surface area contributed by atoms with E-state index < -0.39 is 0 Å². The summed E-state index contributed by atoms with van der Waals surface area (Å²) in [5.74, 6) is 0.834. The second kappa shape index (κ2) is 6.65. The normalized spacial score (nSPS) is 16.2. The molecule has 0 N–H and O–H groups in total. The fourth-order valence-electron chi connectivity index (χ4n) is 2.60. The van der Waals surface area contributed by atoms with Crippen molar-refractivity contribution < 1.29 is 0 Å². The summed E-state index contributed by atoms with van der Waals surface area (Å²) in [6.07, 6.45) is 1.65. The minimum Gasteiger partial charge on any atom is -0.353 e. The van der Waals surface area contributed by atoms with Crippen molar-refractivity contribution in [1.29, 1.82) is 0 Å². The van der Waals surface area contributed by atoms with Crippen LogP contribution in [-0.4, -0.2) is 36.1 Å². The van der Waals surface area contributed by atoms with Gasteiger partial charge in [-0.1, -0.05) is 53.5 Å². The van der Waals surface area contributed by atoms with E-state index in [1.807, 2.05) is 0 Å². The van der Waals surface area contributed by atoms with Gasteiger partial charge in [0.1, 0.15) is 5.82 Å². The van der Waals surface area contributed by atoms with Crippen molar-refractivity contribution in [3.63, 3.8) is 0 Å². The van der Waals surface area contributed by atoms with E-state index in [0.29, 0.717) is 10.0 Å². The van der Waals surface area contributed by atoms with Crippen molar-refractivity contribution in [2.45, 2.75) is 6.54 Å². The van der Waals surface area contributed by atoms with Crippen molar-refractivity contribution in [1.82, 2.24) is 9.88 Å². The molecule has 3 nitrogen and oxygen atoms in total. The standard InChI is InChI=1S/C16H17Cl2N3/c17-14-10-15(18)16(19-11-14)21-8-6-20(7-9-21)12-13-4-2-1-3-5-13/h1-5,10-11H,6-9,12H2. The Labute approximate surface area is 135 Å². The molecule has 21 heavy (non-hydrogen) atoms. The third-order valence-electron chi connectivity index (χ3n) is 3.71. The first kappa shape index (κ1) is 14.6. The van der Waals surface area contributed by atoms with E-state index in [2.05, 4.69) is 45.1 Å². The molecule has 1 aromatic heterocycles. The van der Waals surface area contributed by atoms with E-state index in [-0.39, 0.29) is 0 Å². The van der Waals surface area contributed by atoms with Gasteiger partial charge in [0.2, 0.25) is 0 Å². The zero-order valence-electron chi connectivity index (χ0n) is 11.7. The second-order valence-corrected chi connectivity index (χ2v) is 6.05. The molecule has 1 saturated heterocycles. The second-order valence-electron chi connectivity index (χ2n) is 5.21. The summed E-state index contributed by atoms with van der Waals surface area (Å²) in [5, 5.41) is 1.20. The number of anilines is 1. The molecule has 1 fully saturated rings. The molecule has 0 bridgehead atoms. The molecule has 1 aliphatic heterocycles. The highest BCUT2D eigenvalue weighted by Crippen LogP contribution is 2.26. The number of piperazine rings is 1. The van der Waals surface area contributed by atoms with E-state index in [4.69, 9.17) is 23.2 Å². The van der Waals surface area contributed by atoms with Crippen LogP contribution in [0.5, 0.6) is 0 Å². The smallest absolute Gasteiger partial charge is 0.147 e. The van der Waals surface area contributed by atoms with Gasteiger partial charge in [0.05, 0.1) is 10.0 Å². The molecule has 1 aromatic carbocycles. The van der Waals surface area contributed by atoms with E-state index in [1.165, 1.54) is 5.56 Å². The number of nitrogens with zero attached hydrogens (tertiary/aromatic N) is 3. The molecule has 0 aliphatic carbocycles. The third-order valence-corrected chi connectivity index (χ3v) is 4.19. The molecule has 0 unspecified atom stereocenters. The summed E-state index contributed by atoms with van der Waals surface area (Å²) < 4.78 is 0. The van der Waals surface area contributed by atoms with Gasteiger partial charge in [-0.05, 0) is 11.6 Å². The molecule has 0 amide bonds. The fourth-order valence-corrected chi connectivity index (χ4v) is 3.10. The molecule has 0 atom stereocenters. The van der Waals surface area contributed by atoms with E-state index in [1.54, 1.807) is 12.3 Å². The number of pyridine rings is 1. The van der Waals surface area contributed by atoms with E-state index >= 15 is 0 Å².